The van der Waals surface area contributed by atoms with Gasteiger partial charge in [0, 0.05) is 12.4 Å². The highest BCUT2D eigenvalue weighted by atomic mass is 79.9. The van der Waals surface area contributed by atoms with Crippen LogP contribution in [0.15, 0.2) is 99.8 Å². The van der Waals surface area contributed by atoms with E-state index in [-0.39, 0.29) is 21.1 Å². The zero-order chi connectivity index (χ0) is 30.9. The lowest BCUT2D eigenvalue weighted by Crippen LogP contribution is -2.13. The first-order valence-corrected chi connectivity index (χ1v) is 16.2. The van der Waals surface area contributed by atoms with Gasteiger partial charge in [-0.3, -0.25) is 0 Å². The standard InChI is InChI=1S/C15H13N3O4S.C13H10BrN3O2S/c1-10-3-5-11(6-4-10)23(20,21)18-8-7-12-14(18)16-9-13(17-12)15(19)22-2;1-9-2-4-10(5-3-9)20(18,19)17-7-6-11-13(17)15-8-12(14)16-11/h3-9H,1-2H3;2-8H,1H3. The van der Waals surface area contributed by atoms with Crippen LogP contribution in [0.3, 0.4) is 0 Å². The van der Waals surface area contributed by atoms with E-state index in [2.05, 4.69) is 40.6 Å². The fourth-order valence-electron chi connectivity index (χ4n) is 3.99. The second kappa shape index (κ2) is 11.7. The monoisotopic (exact) mass is 682 g/mol. The summed E-state index contributed by atoms with van der Waals surface area (Å²) in [7, 11) is -6.20. The molecule has 6 aromatic rings. The summed E-state index contributed by atoms with van der Waals surface area (Å²) in [6.07, 6.45) is 5.49. The fraction of sp³-hybridized carbons (Fsp3) is 0.107. The maximum atomic E-state index is 12.7. The number of halogens is 1. The van der Waals surface area contributed by atoms with Gasteiger partial charge in [0.25, 0.3) is 20.0 Å². The highest BCUT2D eigenvalue weighted by Crippen LogP contribution is 2.22. The molecule has 4 heterocycles. The summed E-state index contributed by atoms with van der Waals surface area (Å²) >= 11 is 3.21. The maximum absolute atomic E-state index is 12.7. The van der Waals surface area contributed by atoms with Crippen LogP contribution in [-0.4, -0.2) is 57.8 Å². The van der Waals surface area contributed by atoms with Crippen LogP contribution < -0.4 is 0 Å². The van der Waals surface area contributed by atoms with E-state index in [0.717, 1.165) is 19.1 Å². The molecule has 12 nitrogen and oxygen atoms in total. The molecule has 6 rings (SSSR count). The molecule has 0 amide bonds. The second-order valence-corrected chi connectivity index (χ2v) is 13.7. The van der Waals surface area contributed by atoms with Crippen LogP contribution in [0.25, 0.3) is 22.3 Å². The number of aromatic nitrogens is 6. The van der Waals surface area contributed by atoms with Gasteiger partial charge in [0.15, 0.2) is 17.0 Å². The molecule has 0 saturated carbocycles. The Morgan fingerprint density at radius 3 is 1.60 bits per heavy atom. The molecule has 0 spiro atoms. The van der Waals surface area contributed by atoms with E-state index in [9.17, 15) is 21.6 Å². The van der Waals surface area contributed by atoms with Gasteiger partial charge in [-0.1, -0.05) is 35.4 Å². The zero-order valence-electron chi connectivity index (χ0n) is 22.9. The van der Waals surface area contributed by atoms with Crippen LogP contribution in [0.4, 0.5) is 0 Å². The SMILES string of the molecule is COC(=O)c1cnc2c(ccn2S(=O)(=O)c2ccc(C)cc2)n1.Cc1ccc(S(=O)(=O)n2ccc3nc(Br)cnc32)cc1. The minimum Gasteiger partial charge on any atom is -0.464 e. The average Bonchev–Trinajstić information content (AvgIpc) is 3.62. The van der Waals surface area contributed by atoms with E-state index in [1.54, 1.807) is 42.5 Å². The van der Waals surface area contributed by atoms with Crippen LogP contribution in [0.1, 0.15) is 21.6 Å². The Labute approximate surface area is 255 Å². The first-order valence-electron chi connectivity index (χ1n) is 12.5. The molecule has 0 fully saturated rings. The van der Waals surface area contributed by atoms with E-state index in [1.807, 2.05) is 13.8 Å². The third-order valence-corrected chi connectivity index (χ3v) is 9.98. The molecule has 0 N–H and O–H groups in total. The smallest absolute Gasteiger partial charge is 0.358 e. The molecule has 43 heavy (non-hydrogen) atoms. The fourth-order valence-corrected chi connectivity index (χ4v) is 6.88. The van der Waals surface area contributed by atoms with Gasteiger partial charge in [-0.25, -0.2) is 49.5 Å². The molecule has 2 aromatic carbocycles. The summed E-state index contributed by atoms with van der Waals surface area (Å²) in [6.45, 7) is 3.78. The third kappa shape index (κ3) is 5.91. The van der Waals surface area contributed by atoms with Crippen LogP contribution in [-0.2, 0) is 24.8 Å². The lowest BCUT2D eigenvalue weighted by atomic mass is 10.2. The molecule has 0 radical (unpaired) electrons. The van der Waals surface area contributed by atoms with Gasteiger partial charge >= 0.3 is 5.97 Å². The van der Waals surface area contributed by atoms with Gasteiger partial charge in [0.05, 0.1) is 29.3 Å². The molecule has 220 valence electrons. The first-order chi connectivity index (χ1) is 20.4. The van der Waals surface area contributed by atoms with E-state index < -0.39 is 26.0 Å². The summed E-state index contributed by atoms with van der Waals surface area (Å²) in [4.78, 5) is 28.3. The summed E-state index contributed by atoms with van der Waals surface area (Å²) in [6, 6.07) is 16.3. The number of methoxy groups -OCH3 is 1. The number of carbonyl (C=O) groups is 1. The number of hydrogen-bond donors (Lipinski definition) is 0. The molecule has 15 heteroatoms. The van der Waals surface area contributed by atoms with Crippen molar-refractivity contribution >= 4 is 64.3 Å². The molecule has 4 aromatic heterocycles. The van der Waals surface area contributed by atoms with Crippen molar-refractivity contribution in [3.63, 3.8) is 0 Å². The van der Waals surface area contributed by atoms with E-state index in [1.165, 1.54) is 50.1 Å². The van der Waals surface area contributed by atoms with Crippen molar-refractivity contribution in [2.24, 2.45) is 0 Å². The summed E-state index contributed by atoms with van der Waals surface area (Å²) in [5, 5.41) is 0. The number of rotatable bonds is 5. The van der Waals surface area contributed by atoms with Gasteiger partial charge in [0.1, 0.15) is 15.6 Å². The van der Waals surface area contributed by atoms with Gasteiger partial charge < -0.3 is 4.74 Å². The van der Waals surface area contributed by atoms with Crippen molar-refractivity contribution in [3.8, 4) is 0 Å². The van der Waals surface area contributed by atoms with Gasteiger partial charge in [0.2, 0.25) is 0 Å². The van der Waals surface area contributed by atoms with Gasteiger partial charge in [-0.05, 0) is 66.2 Å². The molecule has 0 aliphatic carbocycles. The van der Waals surface area contributed by atoms with E-state index >= 15 is 0 Å². The normalized spacial score (nSPS) is 11.7. The van der Waals surface area contributed by atoms with Crippen molar-refractivity contribution in [3.05, 3.63) is 107 Å². The zero-order valence-corrected chi connectivity index (χ0v) is 26.1. The molecule has 0 aliphatic heterocycles. The Hall–Kier alpha value is -4.47. The number of hydrogen-bond acceptors (Lipinski definition) is 10. The predicted octanol–water partition coefficient (Wildman–Crippen LogP) is 4.50. The Kier molecular flexibility index (Phi) is 8.14. The van der Waals surface area contributed by atoms with E-state index in [4.69, 9.17) is 0 Å². The second-order valence-electron chi connectivity index (χ2n) is 9.22. The lowest BCUT2D eigenvalue weighted by Gasteiger charge is -2.07. The largest absolute Gasteiger partial charge is 0.464 e. The number of aryl methyl sites for hydroxylation is 2. The molecule has 0 bridgehead atoms. The number of ether oxygens (including phenoxy) is 1. The average molecular weight is 684 g/mol. The number of fused-ring (bicyclic) bond motifs is 2. The topological polar surface area (TPSA) is 156 Å². The molecule has 0 atom stereocenters. The van der Waals surface area contributed by atoms with Crippen molar-refractivity contribution < 1.29 is 26.4 Å². The van der Waals surface area contributed by atoms with Crippen molar-refractivity contribution in [2.75, 3.05) is 7.11 Å². The Balaban J connectivity index is 0.000000173. The van der Waals surface area contributed by atoms with Crippen LogP contribution in [0.5, 0.6) is 0 Å². The first kappa shape index (κ1) is 30.0. The molecular weight excluding hydrogens is 660 g/mol. The number of carbonyl (C=O) groups excluding carboxylic acids is 1. The van der Waals surface area contributed by atoms with Crippen LogP contribution >= 0.6 is 15.9 Å². The molecule has 0 aliphatic rings. The Morgan fingerprint density at radius 1 is 0.698 bits per heavy atom. The number of benzene rings is 2. The lowest BCUT2D eigenvalue weighted by molar-refractivity contribution is 0.0594. The number of nitrogens with zero attached hydrogens (tertiary/aromatic N) is 6. The molecule has 0 unspecified atom stereocenters. The van der Waals surface area contributed by atoms with E-state index in [0.29, 0.717) is 21.3 Å². The summed E-state index contributed by atoms with van der Waals surface area (Å²) in [5.74, 6) is -0.631. The highest BCUT2D eigenvalue weighted by molar-refractivity contribution is 9.10. The van der Waals surface area contributed by atoms with Crippen molar-refractivity contribution in [1.82, 2.24) is 27.9 Å². The minimum absolute atomic E-state index is 0.0190. The summed E-state index contributed by atoms with van der Waals surface area (Å²) in [5.41, 5.74) is 3.27. The maximum Gasteiger partial charge on any atom is 0.358 e. The van der Waals surface area contributed by atoms with Crippen LogP contribution in [0.2, 0.25) is 0 Å². The highest BCUT2D eigenvalue weighted by Gasteiger charge is 2.22. The van der Waals surface area contributed by atoms with Gasteiger partial charge in [-0.15, -0.1) is 0 Å². The van der Waals surface area contributed by atoms with Crippen molar-refractivity contribution in [2.45, 2.75) is 23.6 Å². The minimum atomic E-state index is -3.78. The van der Waals surface area contributed by atoms with Gasteiger partial charge in [-0.2, -0.15) is 0 Å². The quantitative estimate of drug-likeness (QED) is 0.237. The third-order valence-electron chi connectivity index (χ3n) is 6.23. The summed E-state index contributed by atoms with van der Waals surface area (Å²) < 4.78 is 57.9. The van der Waals surface area contributed by atoms with Crippen molar-refractivity contribution in [1.29, 1.82) is 0 Å². The Morgan fingerprint density at radius 2 is 1.14 bits per heavy atom. The molecular formula is C28H23BrN6O6S2. The van der Waals surface area contributed by atoms with Crippen LogP contribution in [0, 0.1) is 13.8 Å². The number of esters is 1. The predicted molar refractivity (Wildman–Crippen MR) is 162 cm³/mol. The Bertz CT molecular complexity index is 2190. The molecule has 0 saturated heterocycles.